The van der Waals surface area contributed by atoms with E-state index in [1.807, 2.05) is 20.9 Å². The highest BCUT2D eigenvalue weighted by Crippen LogP contribution is 2.30. The smallest absolute Gasteiger partial charge is 0.222 e. The number of carbonyl (C=O) groups is 1. The minimum Gasteiger partial charge on any atom is -0.351 e. The van der Waals surface area contributed by atoms with E-state index >= 15 is 0 Å². The van der Waals surface area contributed by atoms with Gasteiger partial charge < -0.3 is 20.1 Å². The van der Waals surface area contributed by atoms with Crippen molar-refractivity contribution in [3.05, 3.63) is 0 Å². The van der Waals surface area contributed by atoms with Crippen molar-refractivity contribution in [2.45, 2.75) is 64.2 Å². The number of hydrogen-bond donors (Lipinski definition) is 2. The molecule has 1 amide bonds. The van der Waals surface area contributed by atoms with Crippen LogP contribution in [0.3, 0.4) is 0 Å². The predicted octanol–water partition coefficient (Wildman–Crippen LogP) is 1.81. The van der Waals surface area contributed by atoms with Crippen LogP contribution in [0.15, 0.2) is 0 Å². The molecule has 1 fully saturated rings. The molecule has 1 saturated carbocycles. The van der Waals surface area contributed by atoms with Crippen molar-refractivity contribution in [3.63, 3.8) is 0 Å². The SMILES string of the molecule is CCOC(CNC(=O)CC1(NC)CCCCC1)OCC. The second-order valence-electron chi connectivity index (χ2n) is 5.41. The lowest BCUT2D eigenvalue weighted by molar-refractivity contribution is -0.141. The van der Waals surface area contributed by atoms with Crippen molar-refractivity contribution >= 4 is 5.91 Å². The predicted molar refractivity (Wildman–Crippen MR) is 79.5 cm³/mol. The molecule has 2 N–H and O–H groups in total. The van der Waals surface area contributed by atoms with Gasteiger partial charge in [0.15, 0.2) is 6.29 Å². The third-order valence-electron chi connectivity index (χ3n) is 4.01. The molecule has 5 nitrogen and oxygen atoms in total. The Kier molecular flexibility index (Phi) is 8.11. The number of amides is 1. The van der Waals surface area contributed by atoms with E-state index in [0.717, 1.165) is 12.8 Å². The molecule has 0 aliphatic heterocycles. The van der Waals surface area contributed by atoms with Gasteiger partial charge in [0.1, 0.15) is 0 Å². The molecule has 0 aromatic heterocycles. The molecular formula is C15H30N2O3. The zero-order chi connectivity index (χ0) is 14.8. The Morgan fingerprint density at radius 1 is 1.15 bits per heavy atom. The van der Waals surface area contributed by atoms with Crippen LogP contribution in [0.1, 0.15) is 52.4 Å². The van der Waals surface area contributed by atoms with Crippen LogP contribution in [0, 0.1) is 0 Å². The summed E-state index contributed by atoms with van der Waals surface area (Å²) in [5.41, 5.74) is -0.0188. The summed E-state index contributed by atoms with van der Waals surface area (Å²) in [7, 11) is 1.96. The average molecular weight is 286 g/mol. The fraction of sp³-hybridized carbons (Fsp3) is 0.933. The standard InChI is InChI=1S/C15H30N2O3/c1-4-19-14(20-5-2)12-17-13(18)11-15(16-3)9-7-6-8-10-15/h14,16H,4-12H2,1-3H3,(H,17,18). The van der Waals surface area contributed by atoms with Crippen molar-refractivity contribution < 1.29 is 14.3 Å². The van der Waals surface area contributed by atoms with Crippen molar-refractivity contribution in [1.82, 2.24) is 10.6 Å². The highest BCUT2D eigenvalue weighted by atomic mass is 16.7. The molecule has 0 saturated heterocycles. The Balaban J connectivity index is 2.37. The van der Waals surface area contributed by atoms with Gasteiger partial charge in [-0.2, -0.15) is 0 Å². The monoisotopic (exact) mass is 286 g/mol. The first kappa shape index (κ1) is 17.4. The van der Waals surface area contributed by atoms with Crippen LogP contribution in [0.4, 0.5) is 0 Å². The molecule has 0 bridgehead atoms. The molecule has 0 radical (unpaired) electrons. The van der Waals surface area contributed by atoms with Crippen LogP contribution in [0.2, 0.25) is 0 Å². The second kappa shape index (κ2) is 9.32. The second-order valence-corrected chi connectivity index (χ2v) is 5.41. The van der Waals surface area contributed by atoms with E-state index in [2.05, 4.69) is 10.6 Å². The molecular weight excluding hydrogens is 256 g/mol. The van der Waals surface area contributed by atoms with Gasteiger partial charge in [-0.3, -0.25) is 4.79 Å². The summed E-state index contributed by atoms with van der Waals surface area (Å²) >= 11 is 0. The average Bonchev–Trinajstić information content (AvgIpc) is 2.46. The van der Waals surface area contributed by atoms with Gasteiger partial charge in [0.05, 0.1) is 6.54 Å². The number of ether oxygens (including phenoxy) is 2. The molecule has 1 aliphatic carbocycles. The quantitative estimate of drug-likeness (QED) is 0.635. The highest BCUT2D eigenvalue weighted by molar-refractivity contribution is 5.77. The third-order valence-corrected chi connectivity index (χ3v) is 4.01. The summed E-state index contributed by atoms with van der Waals surface area (Å²) in [5, 5.41) is 6.29. The molecule has 20 heavy (non-hydrogen) atoms. The first-order valence-corrected chi connectivity index (χ1v) is 7.84. The Labute approximate surface area is 122 Å². The van der Waals surface area contributed by atoms with Gasteiger partial charge in [0, 0.05) is 25.2 Å². The van der Waals surface area contributed by atoms with E-state index in [0.29, 0.717) is 26.2 Å². The van der Waals surface area contributed by atoms with Crippen LogP contribution in [0.5, 0.6) is 0 Å². The lowest BCUT2D eigenvalue weighted by Crippen LogP contribution is -2.49. The summed E-state index contributed by atoms with van der Waals surface area (Å²) in [4.78, 5) is 12.1. The van der Waals surface area contributed by atoms with E-state index in [-0.39, 0.29) is 17.7 Å². The van der Waals surface area contributed by atoms with E-state index in [4.69, 9.17) is 9.47 Å². The van der Waals surface area contributed by atoms with Crippen molar-refractivity contribution in [2.75, 3.05) is 26.8 Å². The molecule has 0 spiro atoms. The molecule has 0 aromatic rings. The number of carbonyl (C=O) groups excluding carboxylic acids is 1. The molecule has 0 aromatic carbocycles. The Morgan fingerprint density at radius 3 is 2.25 bits per heavy atom. The van der Waals surface area contributed by atoms with E-state index < -0.39 is 0 Å². The van der Waals surface area contributed by atoms with Gasteiger partial charge in [-0.15, -0.1) is 0 Å². The largest absolute Gasteiger partial charge is 0.351 e. The van der Waals surface area contributed by atoms with Gasteiger partial charge in [-0.25, -0.2) is 0 Å². The molecule has 1 rings (SSSR count). The fourth-order valence-electron chi connectivity index (χ4n) is 2.85. The van der Waals surface area contributed by atoms with Crippen LogP contribution in [-0.2, 0) is 14.3 Å². The van der Waals surface area contributed by atoms with Gasteiger partial charge in [-0.1, -0.05) is 19.3 Å². The van der Waals surface area contributed by atoms with Gasteiger partial charge in [0.25, 0.3) is 0 Å². The zero-order valence-corrected chi connectivity index (χ0v) is 13.2. The maximum absolute atomic E-state index is 12.1. The summed E-state index contributed by atoms with van der Waals surface area (Å²) in [5.74, 6) is 0.0747. The Morgan fingerprint density at radius 2 is 1.75 bits per heavy atom. The minimum absolute atomic E-state index is 0.0188. The van der Waals surface area contributed by atoms with Crippen LogP contribution >= 0.6 is 0 Å². The molecule has 0 heterocycles. The lowest BCUT2D eigenvalue weighted by atomic mass is 9.79. The van der Waals surface area contributed by atoms with Crippen molar-refractivity contribution in [1.29, 1.82) is 0 Å². The zero-order valence-electron chi connectivity index (χ0n) is 13.2. The lowest BCUT2D eigenvalue weighted by Gasteiger charge is -2.36. The molecule has 1 aliphatic rings. The van der Waals surface area contributed by atoms with Crippen molar-refractivity contribution in [2.24, 2.45) is 0 Å². The van der Waals surface area contributed by atoms with Crippen LogP contribution in [0.25, 0.3) is 0 Å². The van der Waals surface area contributed by atoms with Gasteiger partial charge in [0.2, 0.25) is 5.91 Å². The van der Waals surface area contributed by atoms with Gasteiger partial charge >= 0.3 is 0 Å². The first-order chi connectivity index (χ1) is 9.65. The van der Waals surface area contributed by atoms with E-state index in [1.165, 1.54) is 19.3 Å². The topological polar surface area (TPSA) is 59.6 Å². The molecule has 0 atom stereocenters. The van der Waals surface area contributed by atoms with E-state index in [9.17, 15) is 4.79 Å². The van der Waals surface area contributed by atoms with Crippen LogP contribution in [-0.4, -0.2) is 44.5 Å². The minimum atomic E-state index is -0.342. The summed E-state index contributed by atoms with van der Waals surface area (Å²) in [6.45, 7) is 5.43. The van der Waals surface area contributed by atoms with Gasteiger partial charge in [-0.05, 0) is 33.7 Å². The first-order valence-electron chi connectivity index (χ1n) is 7.84. The number of nitrogens with one attached hydrogen (secondary N) is 2. The fourth-order valence-corrected chi connectivity index (χ4v) is 2.85. The third kappa shape index (κ3) is 5.77. The summed E-state index contributed by atoms with van der Waals surface area (Å²) in [6.07, 6.45) is 6.04. The van der Waals surface area contributed by atoms with Crippen molar-refractivity contribution in [3.8, 4) is 0 Å². The molecule has 0 unspecified atom stereocenters. The summed E-state index contributed by atoms with van der Waals surface area (Å²) < 4.78 is 10.8. The maximum Gasteiger partial charge on any atom is 0.222 e. The highest BCUT2D eigenvalue weighted by Gasteiger charge is 2.32. The Hall–Kier alpha value is -0.650. The van der Waals surface area contributed by atoms with E-state index in [1.54, 1.807) is 0 Å². The summed E-state index contributed by atoms with van der Waals surface area (Å²) in [6, 6.07) is 0. The molecule has 118 valence electrons. The number of hydrogen-bond acceptors (Lipinski definition) is 4. The normalized spacial score (nSPS) is 18.2. The van der Waals surface area contributed by atoms with Crippen LogP contribution < -0.4 is 10.6 Å². The number of rotatable bonds is 9. The Bertz CT molecular complexity index is 272. The maximum atomic E-state index is 12.1. The molecule has 5 heteroatoms.